The average Bonchev–Trinajstić information content (AvgIpc) is 2.81. The highest BCUT2D eigenvalue weighted by Crippen LogP contribution is 2.17. The molecule has 1 aliphatic rings. The maximum atomic E-state index is 11.9. The van der Waals surface area contributed by atoms with E-state index in [0.717, 1.165) is 17.1 Å². The number of nitrogens with one attached hydrogen (secondary N) is 1. The Bertz CT molecular complexity index is 495. The van der Waals surface area contributed by atoms with Crippen LogP contribution < -0.4 is 5.32 Å². The molecule has 1 aromatic rings. The van der Waals surface area contributed by atoms with E-state index in [4.69, 9.17) is 0 Å². The summed E-state index contributed by atoms with van der Waals surface area (Å²) in [5.74, 6) is 0.0440. The number of hydrogen-bond donors (Lipinski definition) is 1. The molecule has 0 radical (unpaired) electrons. The molecule has 1 aliphatic heterocycles. The summed E-state index contributed by atoms with van der Waals surface area (Å²) in [4.78, 5) is 15.2. The number of rotatable bonds is 3. The Hall–Kier alpha value is -1.55. The molecule has 1 aromatic heterocycles. The molecule has 2 rings (SSSR count). The lowest BCUT2D eigenvalue weighted by Crippen LogP contribution is -2.39. The van der Waals surface area contributed by atoms with Crippen molar-refractivity contribution < 1.29 is 4.79 Å². The molecule has 0 saturated heterocycles. The van der Waals surface area contributed by atoms with Crippen LogP contribution in [0.3, 0.4) is 0 Å². The van der Waals surface area contributed by atoms with E-state index in [1.165, 1.54) is 0 Å². The largest absolute Gasteiger partial charge is 0.369 e. The number of carbonyl (C=O) groups excluding carboxylic acids is 1. The Kier molecular flexibility index (Phi) is 4.10. The summed E-state index contributed by atoms with van der Waals surface area (Å²) in [6.07, 6.45) is 6.51. The fourth-order valence-electron chi connectivity index (χ4n) is 1.86. The minimum Gasteiger partial charge on any atom is -0.369 e. The third-order valence-corrected chi connectivity index (χ3v) is 3.88. The molecular formula is C15H20N2OS. The molecule has 0 fully saturated rings. The molecule has 19 heavy (non-hydrogen) atoms. The van der Waals surface area contributed by atoms with Crippen molar-refractivity contribution in [1.29, 1.82) is 0 Å². The van der Waals surface area contributed by atoms with Crippen molar-refractivity contribution in [3.63, 3.8) is 0 Å². The second-order valence-electron chi connectivity index (χ2n) is 5.60. The monoisotopic (exact) mass is 276 g/mol. The average molecular weight is 276 g/mol. The van der Waals surface area contributed by atoms with Crippen molar-refractivity contribution >= 4 is 17.2 Å². The minimum absolute atomic E-state index is 0.0440. The lowest BCUT2D eigenvalue weighted by Gasteiger charge is -2.35. The Morgan fingerprint density at radius 2 is 2.26 bits per heavy atom. The van der Waals surface area contributed by atoms with Gasteiger partial charge in [-0.2, -0.15) is 0 Å². The molecule has 1 N–H and O–H groups in total. The molecule has 0 aromatic carbocycles. The van der Waals surface area contributed by atoms with Crippen molar-refractivity contribution in [2.75, 3.05) is 6.54 Å². The zero-order valence-corrected chi connectivity index (χ0v) is 12.5. The molecule has 102 valence electrons. The predicted molar refractivity (Wildman–Crippen MR) is 79.8 cm³/mol. The number of nitrogens with zero attached hydrogens (tertiary/aromatic N) is 1. The van der Waals surface area contributed by atoms with Crippen LogP contribution in [0.5, 0.6) is 0 Å². The molecule has 0 unspecified atom stereocenters. The van der Waals surface area contributed by atoms with E-state index in [1.54, 1.807) is 11.3 Å². The zero-order chi connectivity index (χ0) is 13.9. The van der Waals surface area contributed by atoms with Gasteiger partial charge in [0.1, 0.15) is 0 Å². The van der Waals surface area contributed by atoms with Crippen LogP contribution in [-0.2, 0) is 11.2 Å². The molecule has 1 amide bonds. The van der Waals surface area contributed by atoms with Gasteiger partial charge in [-0.1, -0.05) is 6.07 Å². The second-order valence-corrected chi connectivity index (χ2v) is 6.63. The van der Waals surface area contributed by atoms with E-state index in [9.17, 15) is 4.79 Å². The SMILES string of the molecule is CC(C)(C)N1C=CC(NC(=O)Cc2cccs2)=CC1. The van der Waals surface area contributed by atoms with Gasteiger partial charge in [0, 0.05) is 28.9 Å². The summed E-state index contributed by atoms with van der Waals surface area (Å²) in [7, 11) is 0. The van der Waals surface area contributed by atoms with Crippen molar-refractivity contribution in [3.8, 4) is 0 Å². The van der Waals surface area contributed by atoms with Gasteiger partial charge in [-0.25, -0.2) is 0 Å². The van der Waals surface area contributed by atoms with Gasteiger partial charge < -0.3 is 10.2 Å². The molecule has 0 atom stereocenters. The smallest absolute Gasteiger partial charge is 0.229 e. The second kappa shape index (κ2) is 5.61. The molecule has 0 aliphatic carbocycles. The Morgan fingerprint density at radius 1 is 1.47 bits per heavy atom. The van der Waals surface area contributed by atoms with Crippen molar-refractivity contribution in [1.82, 2.24) is 10.2 Å². The molecule has 0 bridgehead atoms. The summed E-state index contributed by atoms with van der Waals surface area (Å²) in [6, 6.07) is 3.95. The van der Waals surface area contributed by atoms with Crippen molar-refractivity contribution in [2.45, 2.75) is 32.7 Å². The quantitative estimate of drug-likeness (QED) is 0.920. The Morgan fingerprint density at radius 3 is 2.79 bits per heavy atom. The molecule has 0 saturated carbocycles. The van der Waals surface area contributed by atoms with E-state index >= 15 is 0 Å². The number of carbonyl (C=O) groups is 1. The summed E-state index contributed by atoms with van der Waals surface area (Å²) in [5.41, 5.74) is 1.00. The lowest BCUT2D eigenvalue weighted by atomic mass is 10.1. The van der Waals surface area contributed by atoms with Crippen LogP contribution in [0.4, 0.5) is 0 Å². The minimum atomic E-state index is 0.0440. The predicted octanol–water partition coefficient (Wildman–Crippen LogP) is 2.92. The normalized spacial score (nSPS) is 15.3. The van der Waals surface area contributed by atoms with E-state index in [-0.39, 0.29) is 11.4 Å². The fourth-order valence-corrected chi connectivity index (χ4v) is 2.57. The van der Waals surface area contributed by atoms with Crippen LogP contribution in [0.1, 0.15) is 25.6 Å². The van der Waals surface area contributed by atoms with Gasteiger partial charge >= 0.3 is 0 Å². The van der Waals surface area contributed by atoms with E-state index in [1.807, 2.05) is 29.8 Å². The first-order valence-corrected chi connectivity index (χ1v) is 7.30. The number of amides is 1. The van der Waals surface area contributed by atoms with Crippen LogP contribution in [0.15, 0.2) is 41.6 Å². The topological polar surface area (TPSA) is 32.3 Å². The van der Waals surface area contributed by atoms with Crippen LogP contribution in [0, 0.1) is 0 Å². The molecule has 0 spiro atoms. The van der Waals surface area contributed by atoms with E-state index < -0.39 is 0 Å². The van der Waals surface area contributed by atoms with Gasteiger partial charge in [-0.15, -0.1) is 11.3 Å². The highest BCUT2D eigenvalue weighted by Gasteiger charge is 2.19. The molecule has 2 heterocycles. The third kappa shape index (κ3) is 3.96. The maximum Gasteiger partial charge on any atom is 0.229 e. The summed E-state index contributed by atoms with van der Waals surface area (Å²) in [5, 5.41) is 4.93. The first kappa shape index (κ1) is 13.9. The first-order chi connectivity index (χ1) is 8.95. The van der Waals surface area contributed by atoms with Crippen LogP contribution in [-0.4, -0.2) is 22.9 Å². The van der Waals surface area contributed by atoms with Crippen molar-refractivity contribution in [2.24, 2.45) is 0 Å². The highest BCUT2D eigenvalue weighted by atomic mass is 32.1. The molecule has 3 nitrogen and oxygen atoms in total. The summed E-state index contributed by atoms with van der Waals surface area (Å²) >= 11 is 1.61. The van der Waals surface area contributed by atoms with Gasteiger partial charge in [0.2, 0.25) is 5.91 Å². The van der Waals surface area contributed by atoms with Crippen molar-refractivity contribution in [3.05, 3.63) is 46.4 Å². The molecule has 4 heteroatoms. The molecular weight excluding hydrogens is 256 g/mol. The first-order valence-electron chi connectivity index (χ1n) is 6.42. The van der Waals surface area contributed by atoms with E-state index in [2.05, 4.69) is 37.1 Å². The fraction of sp³-hybridized carbons (Fsp3) is 0.400. The van der Waals surface area contributed by atoms with E-state index in [0.29, 0.717) is 6.42 Å². The third-order valence-electron chi connectivity index (χ3n) is 3.00. The summed E-state index contributed by atoms with van der Waals surface area (Å²) < 4.78 is 0. The summed E-state index contributed by atoms with van der Waals surface area (Å²) in [6.45, 7) is 7.34. The van der Waals surface area contributed by atoms with Gasteiger partial charge in [0.05, 0.1) is 6.42 Å². The van der Waals surface area contributed by atoms with Crippen LogP contribution >= 0.6 is 11.3 Å². The van der Waals surface area contributed by atoms with Gasteiger partial charge in [-0.05, 0) is 44.4 Å². The van der Waals surface area contributed by atoms with Crippen LogP contribution in [0.25, 0.3) is 0 Å². The Labute approximate surface area is 118 Å². The number of hydrogen-bond acceptors (Lipinski definition) is 3. The maximum absolute atomic E-state index is 11.9. The number of thiophene rings is 1. The van der Waals surface area contributed by atoms with Crippen LogP contribution in [0.2, 0.25) is 0 Å². The standard InChI is InChI=1S/C15H20N2OS/c1-15(2,3)17-8-6-12(7-9-17)16-14(18)11-13-5-4-10-19-13/h4-8,10H,9,11H2,1-3H3,(H,16,18). The number of allylic oxidation sites excluding steroid dienone is 1. The highest BCUT2D eigenvalue weighted by molar-refractivity contribution is 7.10. The Balaban J connectivity index is 1.87. The van der Waals surface area contributed by atoms with Gasteiger partial charge in [-0.3, -0.25) is 4.79 Å². The lowest BCUT2D eigenvalue weighted by molar-refractivity contribution is -0.119. The van der Waals surface area contributed by atoms with Gasteiger partial charge in [0.15, 0.2) is 0 Å². The van der Waals surface area contributed by atoms with Gasteiger partial charge in [0.25, 0.3) is 0 Å². The zero-order valence-electron chi connectivity index (χ0n) is 11.6.